The van der Waals surface area contributed by atoms with Crippen molar-refractivity contribution in [2.24, 2.45) is 0 Å². The molecular weight excluding hydrogens is 652 g/mol. The van der Waals surface area contributed by atoms with Gasteiger partial charge in [-0.25, -0.2) is 0 Å². The first kappa shape index (κ1) is 30.5. The van der Waals surface area contributed by atoms with Crippen LogP contribution in [0.2, 0.25) is 5.02 Å². The SMILES string of the molecule is Clc1cc(-c2cc3c4ccccc4n(-c4cccc(-c5ccccc5)c4)c3c3c2Cc2ccccc2-3)cc(N(c2ccccc2)c2ccccc2)c1. The van der Waals surface area contributed by atoms with Crippen molar-refractivity contribution in [1.29, 1.82) is 0 Å². The normalized spacial score (nSPS) is 11.9. The summed E-state index contributed by atoms with van der Waals surface area (Å²) >= 11 is 7.09. The first-order valence-corrected chi connectivity index (χ1v) is 18.1. The highest BCUT2D eigenvalue weighted by atomic mass is 35.5. The largest absolute Gasteiger partial charge is 0.310 e. The summed E-state index contributed by atoms with van der Waals surface area (Å²) in [5, 5.41) is 3.16. The number of nitrogens with zero attached hydrogens (tertiary/aromatic N) is 2. The van der Waals surface area contributed by atoms with E-state index in [1.165, 1.54) is 60.8 Å². The molecule has 52 heavy (non-hydrogen) atoms. The number of aromatic nitrogens is 1. The summed E-state index contributed by atoms with van der Waals surface area (Å²) in [4.78, 5) is 2.29. The summed E-state index contributed by atoms with van der Waals surface area (Å²) in [7, 11) is 0. The Hall–Kier alpha value is -6.35. The van der Waals surface area contributed by atoms with Gasteiger partial charge in [-0.3, -0.25) is 0 Å². The molecule has 2 nitrogen and oxygen atoms in total. The van der Waals surface area contributed by atoms with Crippen LogP contribution < -0.4 is 4.90 Å². The predicted molar refractivity (Wildman–Crippen MR) is 220 cm³/mol. The second-order valence-corrected chi connectivity index (χ2v) is 13.9. The topological polar surface area (TPSA) is 8.17 Å². The number of rotatable bonds is 6. The second kappa shape index (κ2) is 12.5. The zero-order chi connectivity index (χ0) is 34.6. The van der Waals surface area contributed by atoms with Gasteiger partial charge < -0.3 is 9.47 Å². The lowest BCUT2D eigenvalue weighted by Crippen LogP contribution is -2.10. The number of para-hydroxylation sites is 3. The van der Waals surface area contributed by atoms with E-state index >= 15 is 0 Å². The van der Waals surface area contributed by atoms with E-state index in [2.05, 4.69) is 198 Å². The average Bonchev–Trinajstić information content (AvgIpc) is 3.75. The van der Waals surface area contributed by atoms with Crippen LogP contribution in [0.4, 0.5) is 17.1 Å². The molecule has 0 bridgehead atoms. The molecule has 8 aromatic carbocycles. The van der Waals surface area contributed by atoms with Crippen molar-refractivity contribution in [3.8, 4) is 39.1 Å². The molecule has 0 saturated heterocycles. The molecular formula is C49H33ClN2. The number of anilines is 3. The highest BCUT2D eigenvalue weighted by Crippen LogP contribution is 2.50. The molecule has 0 saturated carbocycles. The van der Waals surface area contributed by atoms with Crippen molar-refractivity contribution < 1.29 is 0 Å². The molecule has 1 aromatic heterocycles. The standard InChI is InChI=1S/C49H33ClN2/c50-37-27-36(29-41(31-37)51(38-19-6-2-7-20-38)39-21-8-3-9-22-39)44-32-46-43-25-12-13-26-47(43)52(40-23-14-18-34(28-40)33-15-4-1-5-16-33)49(46)48-42-24-11-10-17-35(42)30-45(44)48/h1-29,31-32H,30H2. The molecule has 1 aliphatic carbocycles. The van der Waals surface area contributed by atoms with Crippen LogP contribution >= 0.6 is 11.6 Å². The van der Waals surface area contributed by atoms with Crippen molar-refractivity contribution in [3.05, 3.63) is 204 Å². The molecule has 0 amide bonds. The van der Waals surface area contributed by atoms with E-state index in [0.717, 1.165) is 34.7 Å². The van der Waals surface area contributed by atoms with E-state index in [4.69, 9.17) is 11.6 Å². The fourth-order valence-electron chi connectivity index (χ4n) is 8.19. The highest BCUT2D eigenvalue weighted by molar-refractivity contribution is 6.31. The van der Waals surface area contributed by atoms with E-state index in [1.54, 1.807) is 0 Å². The molecule has 0 radical (unpaired) electrons. The second-order valence-electron chi connectivity index (χ2n) is 13.5. The lowest BCUT2D eigenvalue weighted by molar-refractivity contribution is 1.18. The lowest BCUT2D eigenvalue weighted by atomic mass is 9.92. The first-order chi connectivity index (χ1) is 25.7. The van der Waals surface area contributed by atoms with E-state index in [9.17, 15) is 0 Å². The van der Waals surface area contributed by atoms with Crippen molar-refractivity contribution in [2.75, 3.05) is 4.90 Å². The van der Waals surface area contributed by atoms with Crippen LogP contribution in [0.15, 0.2) is 188 Å². The van der Waals surface area contributed by atoms with Gasteiger partial charge in [0.1, 0.15) is 0 Å². The summed E-state index contributed by atoms with van der Waals surface area (Å²) in [6, 6.07) is 67.3. The van der Waals surface area contributed by atoms with Gasteiger partial charge in [0.2, 0.25) is 0 Å². The molecule has 0 aliphatic heterocycles. The summed E-state index contributed by atoms with van der Waals surface area (Å²) in [6.45, 7) is 0. The van der Waals surface area contributed by atoms with Crippen LogP contribution in [-0.2, 0) is 6.42 Å². The van der Waals surface area contributed by atoms with Crippen molar-refractivity contribution in [3.63, 3.8) is 0 Å². The fraction of sp³-hybridized carbons (Fsp3) is 0.0204. The molecule has 10 rings (SSSR count). The third-order valence-electron chi connectivity index (χ3n) is 10.4. The molecule has 1 heterocycles. The van der Waals surface area contributed by atoms with Gasteiger partial charge in [0.05, 0.1) is 11.0 Å². The van der Waals surface area contributed by atoms with Gasteiger partial charge in [-0.2, -0.15) is 0 Å². The fourth-order valence-corrected chi connectivity index (χ4v) is 8.42. The molecule has 9 aromatic rings. The van der Waals surface area contributed by atoms with Gasteiger partial charge in [-0.15, -0.1) is 0 Å². The molecule has 246 valence electrons. The van der Waals surface area contributed by atoms with Gasteiger partial charge in [-0.1, -0.05) is 133 Å². The number of hydrogen-bond acceptors (Lipinski definition) is 1. The predicted octanol–water partition coefficient (Wildman–Crippen LogP) is 13.8. The average molecular weight is 685 g/mol. The third kappa shape index (κ3) is 5.03. The highest BCUT2D eigenvalue weighted by Gasteiger charge is 2.29. The summed E-state index contributed by atoms with van der Waals surface area (Å²) in [5.41, 5.74) is 16.8. The van der Waals surface area contributed by atoms with Crippen LogP contribution in [0.5, 0.6) is 0 Å². The van der Waals surface area contributed by atoms with Gasteiger partial charge in [0, 0.05) is 44.1 Å². The van der Waals surface area contributed by atoms with Gasteiger partial charge in [-0.05, 0) is 112 Å². The molecule has 3 heteroatoms. The Kier molecular flexibility index (Phi) is 7.30. The third-order valence-corrected chi connectivity index (χ3v) is 10.6. The Morgan fingerprint density at radius 3 is 1.88 bits per heavy atom. The van der Waals surface area contributed by atoms with Crippen LogP contribution in [-0.4, -0.2) is 4.57 Å². The van der Waals surface area contributed by atoms with Crippen molar-refractivity contribution in [2.45, 2.75) is 6.42 Å². The first-order valence-electron chi connectivity index (χ1n) is 17.8. The molecule has 1 aliphatic rings. The molecule has 0 spiro atoms. The molecule has 0 N–H and O–H groups in total. The monoisotopic (exact) mass is 684 g/mol. The Bertz CT molecular complexity index is 2730. The maximum absolute atomic E-state index is 7.09. The molecule has 0 fully saturated rings. The van der Waals surface area contributed by atoms with E-state index in [-0.39, 0.29) is 0 Å². The van der Waals surface area contributed by atoms with Crippen LogP contribution in [0.25, 0.3) is 60.9 Å². The Balaban J connectivity index is 1.25. The van der Waals surface area contributed by atoms with Crippen LogP contribution in [0.1, 0.15) is 11.1 Å². The molecule has 0 unspecified atom stereocenters. The molecule has 0 atom stereocenters. The zero-order valence-corrected chi connectivity index (χ0v) is 29.1. The summed E-state index contributed by atoms with van der Waals surface area (Å²) in [6.07, 6.45) is 0.852. The minimum Gasteiger partial charge on any atom is -0.310 e. The Morgan fingerprint density at radius 2 is 1.12 bits per heavy atom. The number of benzene rings is 8. The maximum atomic E-state index is 7.09. The maximum Gasteiger partial charge on any atom is 0.0622 e. The lowest BCUT2D eigenvalue weighted by Gasteiger charge is -2.26. The number of halogens is 1. The number of hydrogen-bond donors (Lipinski definition) is 0. The minimum absolute atomic E-state index is 0.703. The van der Waals surface area contributed by atoms with E-state index < -0.39 is 0 Å². The Labute approximate surface area is 308 Å². The van der Waals surface area contributed by atoms with Crippen LogP contribution in [0, 0.1) is 0 Å². The Morgan fingerprint density at radius 1 is 0.462 bits per heavy atom. The summed E-state index contributed by atoms with van der Waals surface area (Å²) < 4.78 is 2.48. The van der Waals surface area contributed by atoms with Gasteiger partial charge in [0.25, 0.3) is 0 Å². The van der Waals surface area contributed by atoms with Crippen molar-refractivity contribution >= 4 is 50.5 Å². The van der Waals surface area contributed by atoms with Crippen molar-refractivity contribution in [1.82, 2.24) is 4.57 Å². The zero-order valence-electron chi connectivity index (χ0n) is 28.4. The van der Waals surface area contributed by atoms with Crippen LogP contribution in [0.3, 0.4) is 0 Å². The minimum atomic E-state index is 0.703. The van der Waals surface area contributed by atoms with E-state index in [1.807, 2.05) is 0 Å². The van der Waals surface area contributed by atoms with Gasteiger partial charge in [0.15, 0.2) is 0 Å². The van der Waals surface area contributed by atoms with E-state index in [0.29, 0.717) is 5.02 Å². The quantitative estimate of drug-likeness (QED) is 0.169. The summed E-state index contributed by atoms with van der Waals surface area (Å²) in [5.74, 6) is 0. The smallest absolute Gasteiger partial charge is 0.0622 e. The van der Waals surface area contributed by atoms with Gasteiger partial charge >= 0.3 is 0 Å². The number of fused-ring (bicyclic) bond motifs is 7.